The van der Waals surface area contributed by atoms with Crippen LogP contribution in [0.5, 0.6) is 0 Å². The number of anilines is 2. The van der Waals surface area contributed by atoms with Crippen LogP contribution in [0.2, 0.25) is 0 Å². The first-order valence-corrected chi connectivity index (χ1v) is 9.41. The molecule has 1 aliphatic carbocycles. The molecule has 0 spiro atoms. The van der Waals surface area contributed by atoms with Gasteiger partial charge in [-0.2, -0.15) is 0 Å². The molecular weight excluding hydrogens is 392 g/mol. The number of benzene rings is 2. The Bertz CT molecular complexity index is 1010. The SMILES string of the molecule is CO[C@H]1[C@H](O)[C@@H](O)[C@H](Nc2ccc3c(c2N)C(=O)c2ccccc2C3=O)O[C@@H]1CO. The Morgan fingerprint density at radius 1 is 1.03 bits per heavy atom. The topological polar surface area (TPSA) is 151 Å². The Kier molecular flexibility index (Phi) is 5.31. The number of carbonyl (C=O) groups excluding carboxylic acids is 2. The fraction of sp³-hybridized carbons (Fsp3) is 0.333. The maximum Gasteiger partial charge on any atom is 0.196 e. The van der Waals surface area contributed by atoms with Crippen molar-refractivity contribution in [2.45, 2.75) is 30.6 Å². The Hall–Kier alpha value is -2.82. The third-order valence-electron chi connectivity index (χ3n) is 5.57. The molecule has 9 nitrogen and oxygen atoms in total. The molecule has 2 aromatic carbocycles. The lowest BCUT2D eigenvalue weighted by Gasteiger charge is -2.42. The summed E-state index contributed by atoms with van der Waals surface area (Å²) in [6.07, 6.45) is -5.66. The highest BCUT2D eigenvalue weighted by Gasteiger charge is 2.45. The van der Waals surface area contributed by atoms with Gasteiger partial charge in [0, 0.05) is 23.8 Å². The van der Waals surface area contributed by atoms with E-state index in [1.807, 2.05) is 0 Å². The molecule has 0 bridgehead atoms. The van der Waals surface area contributed by atoms with Gasteiger partial charge in [-0.3, -0.25) is 9.59 Å². The smallest absolute Gasteiger partial charge is 0.196 e. The Balaban J connectivity index is 1.68. The molecule has 30 heavy (non-hydrogen) atoms. The zero-order chi connectivity index (χ0) is 21.6. The first-order chi connectivity index (χ1) is 14.4. The Morgan fingerprint density at radius 3 is 2.33 bits per heavy atom. The number of aliphatic hydroxyl groups is 3. The molecule has 0 saturated carbocycles. The number of fused-ring (bicyclic) bond motifs is 2. The van der Waals surface area contributed by atoms with Gasteiger partial charge in [-0.15, -0.1) is 0 Å². The highest BCUT2D eigenvalue weighted by atomic mass is 16.6. The fourth-order valence-electron chi connectivity index (χ4n) is 3.99. The summed E-state index contributed by atoms with van der Waals surface area (Å²) in [7, 11) is 1.34. The highest BCUT2D eigenvalue weighted by Crippen LogP contribution is 2.36. The van der Waals surface area contributed by atoms with E-state index in [4.69, 9.17) is 15.2 Å². The van der Waals surface area contributed by atoms with Crippen molar-refractivity contribution in [1.29, 1.82) is 0 Å². The van der Waals surface area contributed by atoms with Gasteiger partial charge in [-0.1, -0.05) is 24.3 Å². The number of aliphatic hydroxyl groups excluding tert-OH is 3. The van der Waals surface area contributed by atoms with Crippen molar-refractivity contribution in [1.82, 2.24) is 0 Å². The summed E-state index contributed by atoms with van der Waals surface area (Å²) in [6.45, 7) is -0.441. The number of nitrogens with two attached hydrogens (primary N) is 1. The van der Waals surface area contributed by atoms with Crippen LogP contribution in [0, 0.1) is 0 Å². The van der Waals surface area contributed by atoms with Crippen molar-refractivity contribution >= 4 is 22.9 Å². The molecule has 1 fully saturated rings. The van der Waals surface area contributed by atoms with E-state index in [9.17, 15) is 24.9 Å². The number of hydrogen-bond acceptors (Lipinski definition) is 9. The first-order valence-electron chi connectivity index (χ1n) is 9.41. The molecule has 9 heteroatoms. The molecular formula is C21H22N2O7. The Labute approximate surface area is 172 Å². The summed E-state index contributed by atoms with van der Waals surface area (Å²) < 4.78 is 10.7. The van der Waals surface area contributed by atoms with E-state index in [2.05, 4.69) is 5.32 Å². The minimum Gasteiger partial charge on any atom is -0.396 e. The normalized spacial score (nSPS) is 28.1. The van der Waals surface area contributed by atoms with Gasteiger partial charge < -0.3 is 35.8 Å². The predicted octanol–water partition coefficient (Wildman–Crippen LogP) is -0.0899. The number of ether oxygens (including phenoxy) is 2. The number of hydrogen-bond donors (Lipinski definition) is 5. The van der Waals surface area contributed by atoms with Crippen LogP contribution in [-0.4, -0.2) is 71.2 Å². The molecule has 1 saturated heterocycles. The zero-order valence-corrected chi connectivity index (χ0v) is 16.1. The lowest BCUT2D eigenvalue weighted by atomic mass is 9.83. The molecule has 0 radical (unpaired) electrons. The monoisotopic (exact) mass is 414 g/mol. The molecule has 1 heterocycles. The van der Waals surface area contributed by atoms with Crippen LogP contribution in [0.1, 0.15) is 31.8 Å². The summed E-state index contributed by atoms with van der Waals surface area (Å²) in [5.41, 5.74) is 7.35. The van der Waals surface area contributed by atoms with Gasteiger partial charge in [0.15, 0.2) is 17.8 Å². The number of carbonyl (C=O) groups is 2. The number of nitrogen functional groups attached to an aromatic ring is 1. The zero-order valence-electron chi connectivity index (χ0n) is 16.1. The quantitative estimate of drug-likeness (QED) is 0.369. The molecule has 2 aliphatic rings. The second kappa shape index (κ2) is 7.78. The van der Waals surface area contributed by atoms with Gasteiger partial charge in [0.1, 0.15) is 24.4 Å². The first kappa shape index (κ1) is 20.5. The van der Waals surface area contributed by atoms with E-state index in [0.29, 0.717) is 5.56 Å². The van der Waals surface area contributed by atoms with Gasteiger partial charge >= 0.3 is 0 Å². The van der Waals surface area contributed by atoms with Crippen LogP contribution < -0.4 is 11.1 Å². The average Bonchev–Trinajstić information content (AvgIpc) is 2.76. The summed E-state index contributed by atoms with van der Waals surface area (Å²) in [4.78, 5) is 25.8. The number of nitrogens with one attached hydrogen (secondary N) is 1. The van der Waals surface area contributed by atoms with Gasteiger partial charge in [-0.05, 0) is 12.1 Å². The van der Waals surface area contributed by atoms with E-state index in [1.165, 1.54) is 19.2 Å². The number of methoxy groups -OCH3 is 1. The van der Waals surface area contributed by atoms with Crippen LogP contribution in [0.25, 0.3) is 0 Å². The third kappa shape index (κ3) is 3.08. The second-order valence-corrected chi connectivity index (χ2v) is 7.26. The molecule has 0 unspecified atom stereocenters. The van der Waals surface area contributed by atoms with Crippen molar-refractivity contribution in [2.75, 3.05) is 24.8 Å². The second-order valence-electron chi connectivity index (χ2n) is 7.26. The van der Waals surface area contributed by atoms with Crippen molar-refractivity contribution < 1.29 is 34.4 Å². The van der Waals surface area contributed by atoms with Gasteiger partial charge in [0.25, 0.3) is 0 Å². The lowest BCUT2D eigenvalue weighted by Crippen LogP contribution is -2.61. The van der Waals surface area contributed by atoms with Gasteiger partial charge in [-0.25, -0.2) is 0 Å². The maximum absolute atomic E-state index is 13.0. The fourth-order valence-corrected chi connectivity index (χ4v) is 3.99. The molecule has 6 N–H and O–H groups in total. The largest absolute Gasteiger partial charge is 0.396 e. The molecule has 5 atom stereocenters. The maximum atomic E-state index is 13.0. The van der Waals surface area contributed by atoms with Crippen molar-refractivity contribution in [3.63, 3.8) is 0 Å². The summed E-state index contributed by atoms with van der Waals surface area (Å²) in [5.74, 6) is -0.676. The summed E-state index contributed by atoms with van der Waals surface area (Å²) >= 11 is 0. The minimum atomic E-state index is -1.40. The van der Waals surface area contributed by atoms with E-state index < -0.39 is 37.3 Å². The molecule has 0 aromatic heterocycles. The summed E-state index contributed by atoms with van der Waals surface area (Å²) in [5, 5.41) is 33.1. The number of ketones is 2. The van der Waals surface area contributed by atoms with E-state index >= 15 is 0 Å². The predicted molar refractivity (Wildman–Crippen MR) is 106 cm³/mol. The highest BCUT2D eigenvalue weighted by molar-refractivity contribution is 6.30. The van der Waals surface area contributed by atoms with Crippen molar-refractivity contribution in [3.05, 3.63) is 58.7 Å². The van der Waals surface area contributed by atoms with E-state index in [0.717, 1.165) is 0 Å². The van der Waals surface area contributed by atoms with Crippen LogP contribution in [0.3, 0.4) is 0 Å². The molecule has 0 amide bonds. The van der Waals surface area contributed by atoms with Crippen molar-refractivity contribution in [2.24, 2.45) is 0 Å². The van der Waals surface area contributed by atoms with Crippen molar-refractivity contribution in [3.8, 4) is 0 Å². The lowest BCUT2D eigenvalue weighted by molar-refractivity contribution is -0.228. The molecule has 2 aromatic rings. The molecule has 4 rings (SSSR count). The summed E-state index contributed by atoms with van der Waals surface area (Å²) in [6, 6.07) is 9.51. The van der Waals surface area contributed by atoms with E-state index in [1.54, 1.807) is 24.3 Å². The van der Waals surface area contributed by atoms with Crippen LogP contribution in [0.4, 0.5) is 11.4 Å². The third-order valence-corrected chi connectivity index (χ3v) is 5.57. The number of rotatable bonds is 4. The minimum absolute atomic E-state index is 0.0278. The van der Waals surface area contributed by atoms with Crippen LogP contribution >= 0.6 is 0 Å². The van der Waals surface area contributed by atoms with Crippen LogP contribution in [0.15, 0.2) is 36.4 Å². The van der Waals surface area contributed by atoms with Gasteiger partial charge in [0.2, 0.25) is 0 Å². The van der Waals surface area contributed by atoms with E-state index in [-0.39, 0.29) is 39.6 Å². The van der Waals surface area contributed by atoms with Crippen LogP contribution in [-0.2, 0) is 9.47 Å². The standard InChI is InChI=1S/C21H22N2O7/c1-29-20-13(8-24)30-21(19(28)18(20)27)23-12-7-6-11-14(15(12)22)17(26)10-5-3-2-4-9(10)16(11)25/h2-7,13,18-21,23-24,27-28H,8,22H2,1H3/t13-,18-,19-,20-,21-/m1/s1. The molecule has 158 valence electrons. The Morgan fingerprint density at radius 2 is 1.70 bits per heavy atom. The average molecular weight is 414 g/mol. The van der Waals surface area contributed by atoms with Gasteiger partial charge in [0.05, 0.1) is 23.5 Å². The molecule has 1 aliphatic heterocycles.